The third kappa shape index (κ3) is 4.20. The Morgan fingerprint density at radius 1 is 1.10 bits per heavy atom. The molecule has 0 unspecified atom stereocenters. The number of rotatable bonds is 6. The topological polar surface area (TPSA) is 79.2 Å². The molecule has 6 heteroatoms. The molecule has 29 heavy (non-hydrogen) atoms. The molecule has 0 aliphatic heterocycles. The van der Waals surface area contributed by atoms with Crippen LogP contribution in [0.2, 0.25) is 0 Å². The van der Waals surface area contributed by atoms with Gasteiger partial charge in [-0.25, -0.2) is 4.79 Å². The third-order valence-electron chi connectivity index (χ3n) is 4.76. The van der Waals surface area contributed by atoms with Crippen LogP contribution in [0.3, 0.4) is 0 Å². The van der Waals surface area contributed by atoms with Gasteiger partial charge in [-0.05, 0) is 24.5 Å². The third-order valence-corrected chi connectivity index (χ3v) is 5.66. The lowest BCUT2D eigenvalue weighted by atomic mass is 10.0. The lowest BCUT2D eigenvalue weighted by Gasteiger charge is -2.10. The second-order valence-corrected chi connectivity index (χ2v) is 7.71. The van der Waals surface area contributed by atoms with E-state index in [1.54, 1.807) is 24.3 Å². The van der Waals surface area contributed by atoms with E-state index in [-0.39, 0.29) is 18.4 Å². The highest BCUT2D eigenvalue weighted by Gasteiger charge is 2.31. The summed E-state index contributed by atoms with van der Waals surface area (Å²) >= 11 is 1.32. The van der Waals surface area contributed by atoms with Crippen molar-refractivity contribution < 1.29 is 14.3 Å². The number of hydrogen-bond donors (Lipinski definition) is 1. The molecular formula is C23H18N2O3S. The van der Waals surface area contributed by atoms with E-state index in [9.17, 15) is 14.9 Å². The Kier molecular flexibility index (Phi) is 5.41. The molecule has 0 radical (unpaired) electrons. The van der Waals surface area contributed by atoms with Gasteiger partial charge in [0.15, 0.2) is 0 Å². The number of carbonyl (C=O) groups is 2. The summed E-state index contributed by atoms with van der Waals surface area (Å²) in [6.07, 6.45) is 1.76. The lowest BCUT2D eigenvalue weighted by molar-refractivity contribution is -0.117. The minimum atomic E-state index is -0.524. The van der Waals surface area contributed by atoms with E-state index in [4.69, 9.17) is 4.74 Å². The number of carbonyl (C=O) groups excluding carboxylic acids is 2. The molecule has 1 fully saturated rings. The molecule has 5 nitrogen and oxygen atoms in total. The van der Waals surface area contributed by atoms with Gasteiger partial charge in [0.1, 0.15) is 17.2 Å². The molecule has 2 aromatic carbocycles. The molecule has 1 aromatic heterocycles. The van der Waals surface area contributed by atoms with E-state index in [0.717, 1.165) is 24.0 Å². The molecule has 0 saturated heterocycles. The van der Waals surface area contributed by atoms with E-state index < -0.39 is 5.97 Å². The van der Waals surface area contributed by atoms with Crippen LogP contribution in [0, 0.1) is 17.2 Å². The van der Waals surface area contributed by atoms with Crippen molar-refractivity contribution in [3.63, 3.8) is 0 Å². The average Bonchev–Trinajstić information content (AvgIpc) is 3.53. The Bertz CT molecular complexity index is 1090. The maximum absolute atomic E-state index is 13.0. The first-order valence-corrected chi connectivity index (χ1v) is 10.2. The lowest BCUT2D eigenvalue weighted by Crippen LogP contribution is -2.16. The molecule has 144 valence electrons. The highest BCUT2D eigenvalue weighted by atomic mass is 32.1. The van der Waals surface area contributed by atoms with Crippen molar-refractivity contribution in [3.05, 3.63) is 76.7 Å². The Hall–Kier alpha value is -3.43. The number of thiophene rings is 1. The van der Waals surface area contributed by atoms with Crippen molar-refractivity contribution >= 4 is 28.2 Å². The largest absolute Gasteiger partial charge is 0.457 e. The summed E-state index contributed by atoms with van der Waals surface area (Å²) in [5.74, 6) is -0.553. The second kappa shape index (κ2) is 8.29. The molecule has 1 N–H and O–H groups in total. The van der Waals surface area contributed by atoms with Crippen LogP contribution >= 0.6 is 11.3 Å². The smallest absolute Gasteiger partial charge is 0.342 e. The summed E-state index contributed by atoms with van der Waals surface area (Å²) in [4.78, 5) is 25.3. The van der Waals surface area contributed by atoms with Gasteiger partial charge in [0, 0.05) is 22.4 Å². The maximum atomic E-state index is 13.0. The summed E-state index contributed by atoms with van der Waals surface area (Å²) in [5.41, 5.74) is 3.06. The number of nitrogens with zero attached hydrogens (tertiary/aromatic N) is 1. The molecule has 1 saturated carbocycles. The summed E-state index contributed by atoms with van der Waals surface area (Å²) in [6, 6.07) is 18.6. The molecule has 1 aliphatic rings. The summed E-state index contributed by atoms with van der Waals surface area (Å²) in [5, 5.41) is 14.5. The van der Waals surface area contributed by atoms with Gasteiger partial charge in [0.25, 0.3) is 0 Å². The minimum Gasteiger partial charge on any atom is -0.457 e. The van der Waals surface area contributed by atoms with E-state index in [2.05, 4.69) is 11.4 Å². The van der Waals surface area contributed by atoms with Gasteiger partial charge in [0.2, 0.25) is 5.91 Å². The fourth-order valence-electron chi connectivity index (χ4n) is 3.01. The zero-order chi connectivity index (χ0) is 20.2. The normalized spacial score (nSPS) is 12.8. The minimum absolute atomic E-state index is 0.0113. The average molecular weight is 402 g/mol. The van der Waals surface area contributed by atoms with Crippen molar-refractivity contribution in [1.29, 1.82) is 5.26 Å². The van der Waals surface area contributed by atoms with Crippen LogP contribution < -0.4 is 5.32 Å². The van der Waals surface area contributed by atoms with Crippen molar-refractivity contribution in [3.8, 4) is 17.2 Å². The SMILES string of the molecule is N#Cc1ccccc1COC(=O)c1c(-c2ccccc2)csc1NC(=O)C1CC1. The van der Waals surface area contributed by atoms with Crippen molar-refractivity contribution in [1.82, 2.24) is 0 Å². The van der Waals surface area contributed by atoms with E-state index in [1.165, 1.54) is 11.3 Å². The first-order chi connectivity index (χ1) is 14.2. The zero-order valence-electron chi connectivity index (χ0n) is 15.6. The van der Waals surface area contributed by atoms with Gasteiger partial charge >= 0.3 is 5.97 Å². The van der Waals surface area contributed by atoms with E-state index in [1.807, 2.05) is 35.7 Å². The van der Waals surface area contributed by atoms with Crippen molar-refractivity contribution in [2.24, 2.45) is 5.92 Å². The van der Waals surface area contributed by atoms with Gasteiger partial charge in [-0.2, -0.15) is 5.26 Å². The predicted molar refractivity (Wildman–Crippen MR) is 111 cm³/mol. The van der Waals surface area contributed by atoms with E-state index >= 15 is 0 Å². The van der Waals surface area contributed by atoms with Gasteiger partial charge in [0.05, 0.1) is 11.6 Å². The summed E-state index contributed by atoms with van der Waals surface area (Å²) in [7, 11) is 0. The molecule has 4 rings (SSSR count). The van der Waals surface area contributed by atoms with Crippen molar-refractivity contribution in [2.75, 3.05) is 5.32 Å². The Morgan fingerprint density at radius 3 is 2.55 bits per heavy atom. The standard InChI is InChI=1S/C23H18N2O3S/c24-12-17-8-4-5-9-18(17)13-28-23(27)20-19(15-6-2-1-3-7-15)14-29-22(20)25-21(26)16-10-11-16/h1-9,14,16H,10-11,13H2,(H,25,26). The van der Waals surface area contributed by atoms with Crippen LogP contribution in [0.5, 0.6) is 0 Å². The second-order valence-electron chi connectivity index (χ2n) is 6.83. The molecule has 1 aliphatic carbocycles. The molecule has 1 amide bonds. The van der Waals surface area contributed by atoms with Crippen LogP contribution in [-0.2, 0) is 16.1 Å². The number of ether oxygens (including phenoxy) is 1. The van der Waals surface area contributed by atoms with Crippen LogP contribution in [-0.4, -0.2) is 11.9 Å². The van der Waals surface area contributed by atoms with Crippen LogP contribution in [0.25, 0.3) is 11.1 Å². The Morgan fingerprint density at radius 2 is 1.83 bits per heavy atom. The number of anilines is 1. The zero-order valence-corrected chi connectivity index (χ0v) is 16.4. The number of hydrogen-bond acceptors (Lipinski definition) is 5. The van der Waals surface area contributed by atoms with Crippen LogP contribution in [0.4, 0.5) is 5.00 Å². The summed E-state index contributed by atoms with van der Waals surface area (Å²) < 4.78 is 5.54. The number of amides is 1. The molecule has 0 bridgehead atoms. The van der Waals surface area contributed by atoms with Gasteiger partial charge < -0.3 is 10.1 Å². The molecule has 3 aromatic rings. The molecule has 1 heterocycles. The quantitative estimate of drug-likeness (QED) is 0.589. The number of esters is 1. The van der Waals surface area contributed by atoms with Crippen molar-refractivity contribution in [2.45, 2.75) is 19.4 Å². The Labute approximate surface area is 172 Å². The molecule has 0 spiro atoms. The Balaban J connectivity index is 1.62. The van der Waals surface area contributed by atoms with Gasteiger partial charge in [-0.1, -0.05) is 48.5 Å². The van der Waals surface area contributed by atoms with Crippen LogP contribution in [0.1, 0.15) is 34.3 Å². The van der Waals surface area contributed by atoms with Gasteiger partial charge in [-0.15, -0.1) is 11.3 Å². The van der Waals surface area contributed by atoms with Crippen LogP contribution in [0.15, 0.2) is 60.0 Å². The number of nitriles is 1. The first-order valence-electron chi connectivity index (χ1n) is 9.30. The fourth-order valence-corrected chi connectivity index (χ4v) is 3.97. The fraction of sp³-hybridized carbons (Fsp3) is 0.174. The monoisotopic (exact) mass is 402 g/mol. The predicted octanol–water partition coefficient (Wildman–Crippen LogP) is 4.99. The summed E-state index contributed by atoms with van der Waals surface area (Å²) in [6.45, 7) is -0.0113. The molecular weight excluding hydrogens is 384 g/mol. The number of benzene rings is 2. The number of nitrogens with one attached hydrogen (secondary N) is 1. The molecule has 0 atom stereocenters. The van der Waals surface area contributed by atoms with E-state index in [0.29, 0.717) is 21.7 Å². The maximum Gasteiger partial charge on any atom is 0.342 e. The highest BCUT2D eigenvalue weighted by molar-refractivity contribution is 7.15. The first kappa shape index (κ1) is 18.9. The van der Waals surface area contributed by atoms with Gasteiger partial charge in [-0.3, -0.25) is 4.79 Å². The highest BCUT2D eigenvalue weighted by Crippen LogP contribution is 2.38.